The summed E-state index contributed by atoms with van der Waals surface area (Å²) >= 11 is 0. The Balaban J connectivity index is 2.22. The summed E-state index contributed by atoms with van der Waals surface area (Å²) in [4.78, 5) is 12.2. The number of carbonyl (C=O) groups excluding carboxylic acids is 1. The first-order chi connectivity index (χ1) is 13.8. The molecule has 1 aliphatic rings. The van der Waals surface area contributed by atoms with Crippen molar-refractivity contribution in [3.63, 3.8) is 0 Å². The number of carbonyl (C=O) groups is 1. The Labute approximate surface area is 173 Å². The smallest absolute Gasteiger partial charge is 0.164 e. The fraction of sp³-hybridized carbons (Fsp3) is 0.609. The molecule has 0 saturated carbocycles. The highest BCUT2D eigenvalue weighted by Crippen LogP contribution is 2.34. The SMILES string of the molecule is CC#CCC[C@H](OC)[C@H](OCc1ccc(OC)cc1)[C@H]1OC(C)(C)O[C@H]1C(C)=O. The molecule has 1 saturated heterocycles. The first-order valence-corrected chi connectivity index (χ1v) is 9.84. The number of ketones is 1. The number of rotatable bonds is 10. The third-order valence-electron chi connectivity index (χ3n) is 4.85. The zero-order valence-electron chi connectivity index (χ0n) is 18.2. The van der Waals surface area contributed by atoms with Crippen molar-refractivity contribution in [2.45, 2.75) is 77.3 Å². The van der Waals surface area contributed by atoms with E-state index in [9.17, 15) is 4.79 Å². The van der Waals surface area contributed by atoms with E-state index in [2.05, 4.69) is 11.8 Å². The Bertz CT molecular complexity index is 715. The molecular weight excluding hydrogens is 372 g/mol. The van der Waals surface area contributed by atoms with Gasteiger partial charge >= 0.3 is 0 Å². The van der Waals surface area contributed by atoms with E-state index in [1.807, 2.05) is 31.2 Å². The third kappa shape index (κ3) is 6.55. The predicted octanol–water partition coefficient (Wildman–Crippen LogP) is 3.51. The van der Waals surface area contributed by atoms with Gasteiger partial charge in [-0.1, -0.05) is 12.1 Å². The minimum atomic E-state index is -0.871. The van der Waals surface area contributed by atoms with Crippen LogP contribution < -0.4 is 4.74 Å². The van der Waals surface area contributed by atoms with Crippen LogP contribution in [0.2, 0.25) is 0 Å². The topological polar surface area (TPSA) is 63.2 Å². The summed E-state index contributed by atoms with van der Waals surface area (Å²) in [6, 6.07) is 7.65. The summed E-state index contributed by atoms with van der Waals surface area (Å²) in [6.07, 6.45) is -0.731. The highest BCUT2D eigenvalue weighted by Gasteiger charge is 2.49. The summed E-state index contributed by atoms with van der Waals surface area (Å²) in [5.41, 5.74) is 0.983. The summed E-state index contributed by atoms with van der Waals surface area (Å²) in [6.45, 7) is 7.26. The first-order valence-electron chi connectivity index (χ1n) is 9.84. The monoisotopic (exact) mass is 404 g/mol. The number of hydrogen-bond acceptors (Lipinski definition) is 6. The lowest BCUT2D eigenvalue weighted by atomic mass is 9.97. The van der Waals surface area contributed by atoms with E-state index in [1.165, 1.54) is 6.92 Å². The van der Waals surface area contributed by atoms with Crippen LogP contribution in [-0.2, 0) is 30.3 Å². The Hall–Kier alpha value is -1.91. The van der Waals surface area contributed by atoms with Gasteiger partial charge in [-0.2, -0.15) is 0 Å². The molecule has 0 spiro atoms. The van der Waals surface area contributed by atoms with E-state index in [0.29, 0.717) is 19.4 Å². The second-order valence-corrected chi connectivity index (χ2v) is 7.49. The standard InChI is InChI=1S/C23H32O6/c1-7-8-9-10-19(26-6)21(22-20(16(2)24)28-23(3,4)29-22)27-15-17-11-13-18(25-5)14-12-17/h11-14,19-22H,9-10,15H2,1-6H3/t19-,20-,21-,22-/m0/s1. The molecule has 1 aliphatic heterocycles. The molecule has 1 heterocycles. The highest BCUT2D eigenvalue weighted by atomic mass is 16.8. The van der Waals surface area contributed by atoms with E-state index in [4.69, 9.17) is 23.7 Å². The lowest BCUT2D eigenvalue weighted by Crippen LogP contribution is -2.47. The van der Waals surface area contributed by atoms with Gasteiger partial charge < -0.3 is 23.7 Å². The average molecular weight is 405 g/mol. The molecule has 6 nitrogen and oxygen atoms in total. The fourth-order valence-electron chi connectivity index (χ4n) is 3.43. The number of hydrogen-bond donors (Lipinski definition) is 0. The quantitative estimate of drug-likeness (QED) is 0.556. The molecule has 1 aromatic rings. The van der Waals surface area contributed by atoms with Crippen LogP contribution in [0.15, 0.2) is 24.3 Å². The largest absolute Gasteiger partial charge is 0.497 e. The van der Waals surface area contributed by atoms with Crippen LogP contribution in [0.3, 0.4) is 0 Å². The molecule has 0 unspecified atom stereocenters. The molecule has 0 aromatic heterocycles. The van der Waals surface area contributed by atoms with Crippen LogP contribution >= 0.6 is 0 Å². The van der Waals surface area contributed by atoms with Crippen molar-refractivity contribution in [2.24, 2.45) is 0 Å². The van der Waals surface area contributed by atoms with E-state index in [0.717, 1.165) is 11.3 Å². The van der Waals surface area contributed by atoms with Gasteiger partial charge in [0.2, 0.25) is 0 Å². The van der Waals surface area contributed by atoms with Gasteiger partial charge in [-0.25, -0.2) is 0 Å². The van der Waals surface area contributed by atoms with Gasteiger partial charge in [-0.15, -0.1) is 11.8 Å². The van der Waals surface area contributed by atoms with Crippen molar-refractivity contribution in [2.75, 3.05) is 14.2 Å². The van der Waals surface area contributed by atoms with Crippen molar-refractivity contribution >= 4 is 5.78 Å². The summed E-state index contributed by atoms with van der Waals surface area (Å²) in [5.74, 6) is 5.77. The van der Waals surface area contributed by atoms with E-state index >= 15 is 0 Å². The van der Waals surface area contributed by atoms with Gasteiger partial charge in [0.1, 0.15) is 24.1 Å². The molecule has 0 amide bonds. The van der Waals surface area contributed by atoms with E-state index in [1.54, 1.807) is 28.1 Å². The van der Waals surface area contributed by atoms with Crippen molar-refractivity contribution in [3.05, 3.63) is 29.8 Å². The van der Waals surface area contributed by atoms with Gasteiger partial charge in [0.05, 0.1) is 19.8 Å². The minimum absolute atomic E-state index is 0.0955. The van der Waals surface area contributed by atoms with Gasteiger partial charge in [-0.05, 0) is 51.8 Å². The normalized spacial score (nSPS) is 22.4. The lowest BCUT2D eigenvalue weighted by molar-refractivity contribution is -0.176. The van der Waals surface area contributed by atoms with Crippen LogP contribution in [0.1, 0.15) is 46.1 Å². The average Bonchev–Trinajstić information content (AvgIpc) is 3.03. The number of benzene rings is 1. The van der Waals surface area contributed by atoms with Crippen molar-refractivity contribution in [1.29, 1.82) is 0 Å². The molecule has 1 fully saturated rings. The Kier molecular flexibility index (Phi) is 8.66. The van der Waals surface area contributed by atoms with Gasteiger partial charge in [0.25, 0.3) is 0 Å². The molecule has 0 N–H and O–H groups in total. The number of methoxy groups -OCH3 is 2. The van der Waals surface area contributed by atoms with Gasteiger partial charge in [0.15, 0.2) is 11.6 Å². The maximum Gasteiger partial charge on any atom is 0.164 e. The van der Waals surface area contributed by atoms with Crippen LogP contribution in [-0.4, -0.2) is 50.2 Å². The van der Waals surface area contributed by atoms with Crippen LogP contribution in [0.5, 0.6) is 5.75 Å². The maximum atomic E-state index is 12.2. The highest BCUT2D eigenvalue weighted by molar-refractivity contribution is 5.81. The first kappa shape index (κ1) is 23.4. The molecule has 29 heavy (non-hydrogen) atoms. The lowest BCUT2D eigenvalue weighted by Gasteiger charge is -2.32. The molecule has 6 heteroatoms. The second-order valence-electron chi connectivity index (χ2n) is 7.49. The van der Waals surface area contributed by atoms with Crippen molar-refractivity contribution < 1.29 is 28.5 Å². The molecule has 4 atom stereocenters. The van der Waals surface area contributed by atoms with Gasteiger partial charge in [0, 0.05) is 13.5 Å². The van der Waals surface area contributed by atoms with E-state index < -0.39 is 24.1 Å². The molecule has 160 valence electrons. The van der Waals surface area contributed by atoms with Crippen LogP contribution in [0.25, 0.3) is 0 Å². The molecule has 1 aromatic carbocycles. The summed E-state index contributed by atoms with van der Waals surface area (Å²) in [7, 11) is 3.27. The van der Waals surface area contributed by atoms with Crippen molar-refractivity contribution in [1.82, 2.24) is 0 Å². The van der Waals surface area contributed by atoms with Gasteiger partial charge in [-0.3, -0.25) is 4.79 Å². The minimum Gasteiger partial charge on any atom is -0.497 e. The molecule has 0 aliphatic carbocycles. The Morgan fingerprint density at radius 2 is 1.90 bits per heavy atom. The zero-order valence-corrected chi connectivity index (χ0v) is 18.2. The number of Topliss-reactive ketones (excluding diaryl/α,β-unsaturated/α-hetero) is 1. The van der Waals surface area contributed by atoms with E-state index in [-0.39, 0.29) is 11.9 Å². The van der Waals surface area contributed by atoms with Crippen LogP contribution in [0, 0.1) is 11.8 Å². The third-order valence-corrected chi connectivity index (χ3v) is 4.85. The molecule has 2 rings (SSSR count). The second kappa shape index (κ2) is 10.7. The molecular formula is C23H32O6. The Morgan fingerprint density at radius 1 is 1.21 bits per heavy atom. The maximum absolute atomic E-state index is 12.2. The zero-order chi connectivity index (χ0) is 21.4. The summed E-state index contributed by atoms with van der Waals surface area (Å²) in [5, 5.41) is 0. The molecule has 0 bridgehead atoms. The van der Waals surface area contributed by atoms with Crippen molar-refractivity contribution in [3.8, 4) is 17.6 Å². The number of ether oxygens (including phenoxy) is 5. The van der Waals surface area contributed by atoms with Crippen LogP contribution in [0.4, 0.5) is 0 Å². The summed E-state index contributed by atoms with van der Waals surface area (Å²) < 4.78 is 29.2. The fourth-order valence-corrected chi connectivity index (χ4v) is 3.43. The molecule has 0 radical (unpaired) electrons. The predicted molar refractivity (Wildman–Crippen MR) is 110 cm³/mol. The Morgan fingerprint density at radius 3 is 2.45 bits per heavy atom.